The Bertz CT molecular complexity index is 1160. The molecule has 0 aliphatic rings. The van der Waals surface area contributed by atoms with Crippen molar-refractivity contribution in [2.75, 3.05) is 12.4 Å². The fourth-order valence-corrected chi connectivity index (χ4v) is 3.35. The van der Waals surface area contributed by atoms with Gasteiger partial charge < -0.3 is 20.5 Å². The molecule has 1 atom stereocenters. The van der Waals surface area contributed by atoms with Gasteiger partial charge in [0.2, 0.25) is 0 Å². The van der Waals surface area contributed by atoms with Crippen LogP contribution in [0.1, 0.15) is 34.8 Å². The van der Waals surface area contributed by atoms with E-state index in [1.54, 1.807) is 42.5 Å². The molecule has 0 heterocycles. The molecule has 3 rings (SSSR count). The molecule has 7 nitrogen and oxygen atoms in total. The first-order chi connectivity index (χ1) is 16.4. The maximum Gasteiger partial charge on any atom is 0.435 e. The highest BCUT2D eigenvalue weighted by molar-refractivity contribution is 6.30. The number of nitrogens with two attached hydrogens (primary N) is 1. The van der Waals surface area contributed by atoms with Crippen molar-refractivity contribution < 1.29 is 19.1 Å². The van der Waals surface area contributed by atoms with Crippen molar-refractivity contribution in [3.05, 3.63) is 94.5 Å². The van der Waals surface area contributed by atoms with Crippen LogP contribution in [0.5, 0.6) is 5.75 Å². The van der Waals surface area contributed by atoms with E-state index in [-0.39, 0.29) is 18.2 Å². The lowest BCUT2D eigenvalue weighted by Gasteiger charge is -2.20. The SMILES string of the molecule is CCC(Nc1ccc(OC)cc1C(=O)c1ccc(Cl)cc1)C(N)=NC(=O)OCc1ccccc1. The third-order valence-corrected chi connectivity index (χ3v) is 5.35. The lowest BCUT2D eigenvalue weighted by atomic mass is 10.0. The Morgan fingerprint density at radius 3 is 2.41 bits per heavy atom. The number of hydrogen-bond donors (Lipinski definition) is 2. The number of aliphatic imine (C=N–C) groups is 1. The molecule has 0 radical (unpaired) electrons. The Labute approximate surface area is 203 Å². The van der Waals surface area contributed by atoms with Gasteiger partial charge >= 0.3 is 6.09 Å². The van der Waals surface area contributed by atoms with Gasteiger partial charge in [0, 0.05) is 21.8 Å². The van der Waals surface area contributed by atoms with E-state index >= 15 is 0 Å². The number of carbonyl (C=O) groups excluding carboxylic acids is 2. The fraction of sp³-hybridized carbons (Fsp3) is 0.192. The molecule has 0 aliphatic heterocycles. The number of anilines is 1. The van der Waals surface area contributed by atoms with Crippen LogP contribution < -0.4 is 15.8 Å². The van der Waals surface area contributed by atoms with Gasteiger partial charge in [-0.15, -0.1) is 0 Å². The van der Waals surface area contributed by atoms with E-state index in [2.05, 4.69) is 10.3 Å². The summed E-state index contributed by atoms with van der Waals surface area (Å²) in [5, 5.41) is 3.76. The largest absolute Gasteiger partial charge is 0.497 e. The van der Waals surface area contributed by atoms with Crippen molar-refractivity contribution in [2.24, 2.45) is 10.7 Å². The number of rotatable bonds is 9. The molecule has 3 aromatic rings. The third kappa shape index (κ3) is 6.59. The first kappa shape index (κ1) is 24.8. The van der Waals surface area contributed by atoms with Crippen molar-refractivity contribution in [1.82, 2.24) is 0 Å². The summed E-state index contributed by atoms with van der Waals surface area (Å²) < 4.78 is 10.5. The molecule has 0 fully saturated rings. The number of methoxy groups -OCH3 is 1. The molecule has 0 aliphatic carbocycles. The van der Waals surface area contributed by atoms with Crippen molar-refractivity contribution >= 4 is 35.0 Å². The highest BCUT2D eigenvalue weighted by Crippen LogP contribution is 2.26. The van der Waals surface area contributed by atoms with Crippen LogP contribution in [-0.2, 0) is 11.3 Å². The number of hydrogen-bond acceptors (Lipinski definition) is 5. The monoisotopic (exact) mass is 479 g/mol. The van der Waals surface area contributed by atoms with Crippen LogP contribution in [0.2, 0.25) is 5.02 Å². The predicted octanol–water partition coefficient (Wildman–Crippen LogP) is 5.46. The number of ether oxygens (including phenoxy) is 2. The second-order valence-electron chi connectivity index (χ2n) is 7.43. The fourth-order valence-electron chi connectivity index (χ4n) is 3.23. The minimum absolute atomic E-state index is 0.0567. The number of nitrogens with zero attached hydrogens (tertiary/aromatic N) is 1. The Balaban J connectivity index is 1.78. The lowest BCUT2D eigenvalue weighted by molar-refractivity contribution is 0.103. The van der Waals surface area contributed by atoms with Crippen LogP contribution in [0.4, 0.5) is 10.5 Å². The van der Waals surface area contributed by atoms with Crippen molar-refractivity contribution in [3.63, 3.8) is 0 Å². The molecule has 3 aromatic carbocycles. The Kier molecular flexibility index (Phi) is 8.65. The van der Waals surface area contributed by atoms with E-state index in [4.69, 9.17) is 26.8 Å². The van der Waals surface area contributed by atoms with E-state index < -0.39 is 12.1 Å². The standard InChI is InChI=1S/C26H26ClN3O4/c1-3-22(25(28)30-26(32)34-16-17-7-5-4-6-8-17)29-23-14-13-20(33-2)15-21(23)24(31)18-9-11-19(27)12-10-18/h4-15,22,29H,3,16H2,1-2H3,(H2,28,30,32). The maximum atomic E-state index is 13.2. The normalized spacial score (nSPS) is 12.0. The highest BCUT2D eigenvalue weighted by Gasteiger charge is 2.19. The van der Waals surface area contributed by atoms with Crippen LogP contribution in [0.25, 0.3) is 0 Å². The van der Waals surface area contributed by atoms with Gasteiger partial charge in [0.1, 0.15) is 18.2 Å². The van der Waals surface area contributed by atoms with Crippen LogP contribution in [0.15, 0.2) is 77.8 Å². The van der Waals surface area contributed by atoms with Gasteiger partial charge in [0.05, 0.1) is 13.2 Å². The molecule has 34 heavy (non-hydrogen) atoms. The minimum atomic E-state index is -0.784. The summed E-state index contributed by atoms with van der Waals surface area (Å²) in [6.07, 6.45) is -0.268. The number of carbonyl (C=O) groups is 2. The van der Waals surface area contributed by atoms with E-state index in [9.17, 15) is 9.59 Å². The maximum absolute atomic E-state index is 13.2. The Hall–Kier alpha value is -3.84. The zero-order chi connectivity index (χ0) is 24.5. The Morgan fingerprint density at radius 1 is 1.06 bits per heavy atom. The van der Waals surface area contributed by atoms with Crippen LogP contribution in [-0.4, -0.2) is 30.9 Å². The summed E-state index contributed by atoms with van der Waals surface area (Å²) in [5.74, 6) is 0.369. The summed E-state index contributed by atoms with van der Waals surface area (Å²) in [4.78, 5) is 29.3. The number of benzene rings is 3. The van der Waals surface area contributed by atoms with Crippen molar-refractivity contribution in [3.8, 4) is 5.75 Å². The lowest BCUT2D eigenvalue weighted by Crippen LogP contribution is -2.36. The molecular weight excluding hydrogens is 454 g/mol. The average Bonchev–Trinajstić information content (AvgIpc) is 2.86. The van der Waals surface area contributed by atoms with Gasteiger partial charge in [-0.05, 0) is 54.4 Å². The van der Waals surface area contributed by atoms with Crippen molar-refractivity contribution in [2.45, 2.75) is 26.0 Å². The van der Waals surface area contributed by atoms with E-state index in [1.807, 2.05) is 37.3 Å². The summed E-state index contributed by atoms with van der Waals surface area (Å²) >= 11 is 5.95. The molecule has 0 saturated heterocycles. The number of ketones is 1. The highest BCUT2D eigenvalue weighted by atomic mass is 35.5. The molecule has 0 saturated carbocycles. The van der Waals surface area contributed by atoms with Gasteiger partial charge in [-0.25, -0.2) is 4.79 Å². The summed E-state index contributed by atoms with van der Waals surface area (Å²) in [6, 6.07) is 20.5. The second kappa shape index (κ2) is 11.9. The molecule has 0 aromatic heterocycles. The van der Waals surface area contributed by atoms with Crippen LogP contribution in [0.3, 0.4) is 0 Å². The number of amides is 1. The summed E-state index contributed by atoms with van der Waals surface area (Å²) in [6.45, 7) is 1.98. The molecular formula is C26H26ClN3O4. The number of amidine groups is 1. The first-order valence-electron chi connectivity index (χ1n) is 10.7. The molecule has 1 unspecified atom stereocenters. The molecule has 0 spiro atoms. The quantitative estimate of drug-likeness (QED) is 0.240. The van der Waals surface area contributed by atoms with Gasteiger partial charge in [-0.2, -0.15) is 4.99 Å². The zero-order valence-electron chi connectivity index (χ0n) is 19.0. The summed E-state index contributed by atoms with van der Waals surface area (Å²) in [7, 11) is 1.53. The minimum Gasteiger partial charge on any atom is -0.497 e. The number of nitrogens with one attached hydrogen (secondary N) is 1. The average molecular weight is 480 g/mol. The second-order valence-corrected chi connectivity index (χ2v) is 7.87. The van der Waals surface area contributed by atoms with Gasteiger partial charge in [0.25, 0.3) is 0 Å². The predicted molar refractivity (Wildman–Crippen MR) is 134 cm³/mol. The van der Waals surface area contributed by atoms with Gasteiger partial charge in [0.15, 0.2) is 5.78 Å². The third-order valence-electron chi connectivity index (χ3n) is 5.10. The van der Waals surface area contributed by atoms with Crippen molar-refractivity contribution in [1.29, 1.82) is 0 Å². The molecule has 0 bridgehead atoms. The van der Waals surface area contributed by atoms with Crippen LogP contribution >= 0.6 is 11.6 Å². The van der Waals surface area contributed by atoms with E-state index in [0.717, 1.165) is 5.56 Å². The first-order valence-corrected chi connectivity index (χ1v) is 11.1. The topological polar surface area (TPSA) is 103 Å². The summed E-state index contributed by atoms with van der Waals surface area (Å²) in [5.41, 5.74) is 8.36. The zero-order valence-corrected chi connectivity index (χ0v) is 19.7. The van der Waals surface area contributed by atoms with E-state index in [0.29, 0.717) is 34.0 Å². The Morgan fingerprint density at radius 2 is 1.76 bits per heavy atom. The smallest absolute Gasteiger partial charge is 0.435 e. The van der Waals surface area contributed by atoms with Gasteiger partial charge in [-0.1, -0.05) is 48.9 Å². The molecule has 3 N–H and O–H groups in total. The number of halogens is 1. The van der Waals surface area contributed by atoms with Crippen LogP contribution in [0, 0.1) is 0 Å². The molecule has 176 valence electrons. The van der Waals surface area contributed by atoms with Gasteiger partial charge in [-0.3, -0.25) is 4.79 Å². The van der Waals surface area contributed by atoms with E-state index in [1.165, 1.54) is 7.11 Å². The molecule has 8 heteroatoms. The molecule has 1 amide bonds.